The summed E-state index contributed by atoms with van der Waals surface area (Å²) < 4.78 is 58.9. The molecular formula is C22H21F2N3O5S. The molecule has 0 aromatic heterocycles. The number of hydrogen-bond donors (Lipinski definition) is 1. The van der Waals surface area contributed by atoms with Crippen molar-refractivity contribution in [3.05, 3.63) is 64.6 Å². The standard InChI is InChI=1S/C22H21F2N3O5S/c1-2-32-22(29)27-11-9-26(10-12-27)19-15-5-3-4-6-18(15)33(30,31)20(19)21(28)25-17-8-7-14(23)13-16(17)24/h3-8,13H,2,9-12H2,1H3,(H,25,28). The predicted octanol–water partition coefficient (Wildman–Crippen LogP) is 2.83. The number of hydrogen-bond acceptors (Lipinski definition) is 6. The van der Waals surface area contributed by atoms with Crippen LogP contribution in [0.5, 0.6) is 0 Å². The van der Waals surface area contributed by atoms with Gasteiger partial charge in [-0.3, -0.25) is 4.79 Å². The molecular weight excluding hydrogens is 456 g/mol. The van der Waals surface area contributed by atoms with Gasteiger partial charge >= 0.3 is 6.09 Å². The maximum absolute atomic E-state index is 14.1. The number of nitrogens with one attached hydrogen (secondary N) is 1. The van der Waals surface area contributed by atoms with Crippen molar-refractivity contribution in [3.8, 4) is 0 Å². The molecule has 0 spiro atoms. The highest BCUT2D eigenvalue weighted by Crippen LogP contribution is 2.41. The first-order valence-corrected chi connectivity index (χ1v) is 11.7. The van der Waals surface area contributed by atoms with Gasteiger partial charge in [-0.25, -0.2) is 22.0 Å². The van der Waals surface area contributed by atoms with Gasteiger partial charge in [-0.1, -0.05) is 18.2 Å². The molecule has 1 fully saturated rings. The molecule has 0 unspecified atom stereocenters. The van der Waals surface area contributed by atoms with Crippen LogP contribution in [-0.4, -0.2) is 63.0 Å². The average molecular weight is 477 g/mol. The summed E-state index contributed by atoms with van der Waals surface area (Å²) in [5, 5.41) is 2.25. The molecule has 1 saturated heterocycles. The highest BCUT2D eigenvalue weighted by atomic mass is 32.2. The van der Waals surface area contributed by atoms with Crippen LogP contribution in [0.3, 0.4) is 0 Å². The number of ether oxygens (including phenoxy) is 1. The first kappa shape index (κ1) is 22.7. The lowest BCUT2D eigenvalue weighted by molar-refractivity contribution is -0.112. The van der Waals surface area contributed by atoms with Crippen LogP contribution in [-0.2, 0) is 19.4 Å². The minimum absolute atomic E-state index is 0.0300. The van der Waals surface area contributed by atoms with Gasteiger partial charge in [0.15, 0.2) is 4.91 Å². The SMILES string of the molecule is CCOC(=O)N1CCN(C2=C(C(=O)Nc3ccc(F)cc3F)S(=O)(=O)c3ccccc32)CC1. The molecule has 2 aromatic carbocycles. The van der Waals surface area contributed by atoms with Crippen molar-refractivity contribution in [2.45, 2.75) is 11.8 Å². The van der Waals surface area contributed by atoms with Crippen molar-refractivity contribution in [2.24, 2.45) is 0 Å². The van der Waals surface area contributed by atoms with Gasteiger partial charge < -0.3 is 19.9 Å². The molecule has 11 heteroatoms. The number of amides is 2. The number of rotatable bonds is 4. The van der Waals surface area contributed by atoms with Crippen molar-refractivity contribution in [2.75, 3.05) is 38.1 Å². The Balaban J connectivity index is 1.71. The zero-order valence-electron chi connectivity index (χ0n) is 17.7. The zero-order valence-corrected chi connectivity index (χ0v) is 18.5. The minimum Gasteiger partial charge on any atom is -0.450 e. The molecule has 4 rings (SSSR count). The van der Waals surface area contributed by atoms with Crippen molar-refractivity contribution < 1.29 is 31.5 Å². The van der Waals surface area contributed by atoms with Gasteiger partial charge in [0.1, 0.15) is 11.6 Å². The zero-order chi connectivity index (χ0) is 23.8. The topological polar surface area (TPSA) is 96.0 Å². The van der Waals surface area contributed by atoms with Gasteiger partial charge in [0.25, 0.3) is 5.91 Å². The van der Waals surface area contributed by atoms with E-state index in [-0.39, 0.29) is 49.1 Å². The lowest BCUT2D eigenvalue weighted by Crippen LogP contribution is -2.48. The highest BCUT2D eigenvalue weighted by molar-refractivity contribution is 7.97. The molecule has 0 saturated carbocycles. The minimum atomic E-state index is -4.20. The van der Waals surface area contributed by atoms with Gasteiger partial charge in [-0.05, 0) is 25.1 Å². The summed E-state index contributed by atoms with van der Waals surface area (Å²) in [4.78, 5) is 27.8. The molecule has 0 aliphatic carbocycles. The smallest absolute Gasteiger partial charge is 0.409 e. The number of fused-ring (bicyclic) bond motifs is 1. The van der Waals surface area contributed by atoms with E-state index in [1.54, 1.807) is 30.0 Å². The number of halogens is 2. The summed E-state index contributed by atoms with van der Waals surface area (Å²) in [6, 6.07) is 8.78. The van der Waals surface area contributed by atoms with Crippen LogP contribution >= 0.6 is 0 Å². The van der Waals surface area contributed by atoms with Gasteiger partial charge in [-0.2, -0.15) is 0 Å². The number of sulfone groups is 1. The van der Waals surface area contributed by atoms with E-state index in [4.69, 9.17) is 4.74 Å². The van der Waals surface area contributed by atoms with Crippen LogP contribution < -0.4 is 5.32 Å². The fraction of sp³-hybridized carbons (Fsp3) is 0.273. The number of anilines is 1. The van der Waals surface area contributed by atoms with Crippen molar-refractivity contribution >= 4 is 33.2 Å². The molecule has 0 bridgehead atoms. The Bertz CT molecular complexity index is 1250. The van der Waals surface area contributed by atoms with E-state index in [2.05, 4.69) is 5.32 Å². The first-order chi connectivity index (χ1) is 15.7. The number of benzene rings is 2. The lowest BCUT2D eigenvalue weighted by Gasteiger charge is -2.36. The van der Waals surface area contributed by atoms with Crippen LogP contribution in [0.2, 0.25) is 0 Å². The third-order valence-electron chi connectivity index (χ3n) is 5.42. The van der Waals surface area contributed by atoms with E-state index in [1.807, 2.05) is 0 Å². The Kier molecular flexibility index (Phi) is 6.07. The Morgan fingerprint density at radius 1 is 1.06 bits per heavy atom. The molecule has 2 aromatic rings. The number of carbonyl (C=O) groups is 2. The molecule has 2 amide bonds. The molecule has 8 nitrogen and oxygen atoms in total. The van der Waals surface area contributed by atoms with E-state index in [9.17, 15) is 26.8 Å². The van der Waals surface area contributed by atoms with E-state index in [0.717, 1.165) is 12.1 Å². The Morgan fingerprint density at radius 2 is 1.76 bits per heavy atom. The van der Waals surface area contributed by atoms with Crippen molar-refractivity contribution in [1.29, 1.82) is 0 Å². The second kappa shape index (κ2) is 8.81. The molecule has 0 radical (unpaired) electrons. The monoisotopic (exact) mass is 477 g/mol. The fourth-order valence-electron chi connectivity index (χ4n) is 3.90. The van der Waals surface area contributed by atoms with Crippen LogP contribution in [0.25, 0.3) is 5.70 Å². The second-order valence-corrected chi connectivity index (χ2v) is 9.28. The van der Waals surface area contributed by atoms with Crippen molar-refractivity contribution in [1.82, 2.24) is 9.80 Å². The van der Waals surface area contributed by atoms with Crippen LogP contribution in [0.15, 0.2) is 52.3 Å². The lowest BCUT2D eigenvalue weighted by atomic mass is 10.1. The van der Waals surface area contributed by atoms with Gasteiger partial charge in [0, 0.05) is 37.8 Å². The predicted molar refractivity (Wildman–Crippen MR) is 116 cm³/mol. The van der Waals surface area contributed by atoms with Gasteiger partial charge in [0.05, 0.1) is 22.9 Å². The number of nitrogens with zero attached hydrogens (tertiary/aromatic N) is 2. The number of piperazine rings is 1. The molecule has 2 heterocycles. The molecule has 1 N–H and O–H groups in total. The summed E-state index contributed by atoms with van der Waals surface area (Å²) in [6.45, 7) is 3.01. The summed E-state index contributed by atoms with van der Waals surface area (Å²) in [6.07, 6.45) is -0.463. The molecule has 33 heavy (non-hydrogen) atoms. The van der Waals surface area contributed by atoms with Gasteiger partial charge in [-0.15, -0.1) is 0 Å². The van der Waals surface area contributed by atoms with Crippen LogP contribution in [0, 0.1) is 11.6 Å². The van der Waals surface area contributed by atoms with Crippen LogP contribution in [0.4, 0.5) is 19.3 Å². The third kappa shape index (κ3) is 4.15. The first-order valence-electron chi connectivity index (χ1n) is 10.3. The van der Waals surface area contributed by atoms with Gasteiger partial charge in [0.2, 0.25) is 9.84 Å². The maximum atomic E-state index is 14.1. The maximum Gasteiger partial charge on any atom is 0.409 e. The molecule has 174 valence electrons. The second-order valence-electron chi connectivity index (χ2n) is 7.43. The largest absolute Gasteiger partial charge is 0.450 e. The van der Waals surface area contributed by atoms with E-state index in [1.165, 1.54) is 11.0 Å². The summed E-state index contributed by atoms with van der Waals surface area (Å²) in [5.74, 6) is -2.88. The van der Waals surface area contributed by atoms with Crippen LogP contribution in [0.1, 0.15) is 12.5 Å². The Morgan fingerprint density at radius 3 is 2.42 bits per heavy atom. The normalized spacial score (nSPS) is 17.1. The van der Waals surface area contributed by atoms with E-state index >= 15 is 0 Å². The summed E-state index contributed by atoms with van der Waals surface area (Å²) >= 11 is 0. The molecule has 2 aliphatic rings. The molecule has 2 aliphatic heterocycles. The number of carbonyl (C=O) groups excluding carboxylic acids is 2. The van der Waals surface area contributed by atoms with E-state index < -0.39 is 38.4 Å². The highest BCUT2D eigenvalue weighted by Gasteiger charge is 2.42. The third-order valence-corrected chi connectivity index (χ3v) is 7.27. The van der Waals surface area contributed by atoms with E-state index in [0.29, 0.717) is 11.6 Å². The quantitative estimate of drug-likeness (QED) is 0.728. The molecule has 0 atom stereocenters. The summed E-state index contributed by atoms with van der Waals surface area (Å²) in [7, 11) is -4.20. The fourth-order valence-corrected chi connectivity index (χ4v) is 5.62. The van der Waals surface area contributed by atoms with Crippen molar-refractivity contribution in [3.63, 3.8) is 0 Å². The summed E-state index contributed by atoms with van der Waals surface area (Å²) in [5.41, 5.74) is 0.201. The Hall–Kier alpha value is -3.47. The Labute approximate surface area is 189 Å². The average Bonchev–Trinajstić information content (AvgIpc) is 3.03.